The van der Waals surface area contributed by atoms with Crippen LogP contribution in [0.4, 0.5) is 5.69 Å². The predicted molar refractivity (Wildman–Crippen MR) is 116 cm³/mol. The van der Waals surface area contributed by atoms with E-state index in [4.69, 9.17) is 0 Å². The lowest BCUT2D eigenvalue weighted by atomic mass is 10.1. The summed E-state index contributed by atoms with van der Waals surface area (Å²) >= 11 is 3.64. The van der Waals surface area contributed by atoms with Gasteiger partial charge in [0.15, 0.2) is 5.82 Å². The normalized spacial score (nSPS) is 13.3. The second-order valence-electron chi connectivity index (χ2n) is 6.74. The number of thiophene rings is 1. The molecule has 4 heterocycles. The second kappa shape index (κ2) is 7.49. The summed E-state index contributed by atoms with van der Waals surface area (Å²) < 4.78 is 3.64. The molecule has 1 aliphatic heterocycles. The van der Waals surface area contributed by atoms with Crippen LogP contribution in [0.2, 0.25) is 0 Å². The van der Waals surface area contributed by atoms with Crippen LogP contribution in [0.15, 0.2) is 48.8 Å². The van der Waals surface area contributed by atoms with Gasteiger partial charge in [-0.2, -0.15) is 11.8 Å². The Bertz CT molecular complexity index is 1180. The van der Waals surface area contributed by atoms with Gasteiger partial charge in [-0.1, -0.05) is 12.1 Å². The molecule has 0 aliphatic carbocycles. The van der Waals surface area contributed by atoms with Crippen LogP contribution < -0.4 is 5.32 Å². The van der Waals surface area contributed by atoms with Gasteiger partial charge in [0.25, 0.3) is 5.91 Å². The summed E-state index contributed by atoms with van der Waals surface area (Å²) in [5.74, 6) is 2.59. The maximum atomic E-state index is 13.4. The van der Waals surface area contributed by atoms with Crippen LogP contribution in [0.25, 0.3) is 16.4 Å². The number of nitrogens with one attached hydrogen (secondary N) is 1. The highest BCUT2D eigenvalue weighted by atomic mass is 32.2. The van der Waals surface area contributed by atoms with Crippen LogP contribution in [-0.2, 0) is 19.2 Å². The molecule has 5 rings (SSSR count). The third-order valence-corrected chi connectivity index (χ3v) is 7.28. The fourth-order valence-electron chi connectivity index (χ4n) is 3.51. The zero-order valence-electron chi connectivity index (χ0n) is 15.7. The maximum absolute atomic E-state index is 13.4. The molecule has 4 aromatic rings. The van der Waals surface area contributed by atoms with Gasteiger partial charge in [0.2, 0.25) is 0 Å². The summed E-state index contributed by atoms with van der Waals surface area (Å²) in [7, 11) is 1.79. The van der Waals surface area contributed by atoms with Crippen LogP contribution in [0.1, 0.15) is 20.8 Å². The van der Waals surface area contributed by atoms with Crippen LogP contribution >= 0.6 is 23.1 Å². The molecule has 0 atom stereocenters. The summed E-state index contributed by atoms with van der Waals surface area (Å²) in [6, 6.07) is 11.6. The number of aryl methyl sites for hydroxylation is 1. The van der Waals surface area contributed by atoms with Gasteiger partial charge in [-0.3, -0.25) is 4.79 Å². The molecule has 7 nitrogen and oxygen atoms in total. The van der Waals surface area contributed by atoms with E-state index in [0.717, 1.165) is 39.7 Å². The number of tetrazole rings is 1. The maximum Gasteiger partial charge on any atom is 0.258 e. The first kappa shape index (κ1) is 18.1. The first-order chi connectivity index (χ1) is 14.2. The minimum absolute atomic E-state index is 0.0775. The molecular weight excluding hydrogens is 404 g/mol. The van der Waals surface area contributed by atoms with E-state index in [-0.39, 0.29) is 5.91 Å². The number of thioether (sulfide) groups is 1. The molecule has 1 N–H and O–H groups in total. The summed E-state index contributed by atoms with van der Waals surface area (Å²) in [5, 5.41) is 15.7. The summed E-state index contributed by atoms with van der Waals surface area (Å²) in [6.45, 7) is 0. The van der Waals surface area contributed by atoms with Gasteiger partial charge in [0.05, 0.1) is 5.56 Å². The molecule has 0 spiro atoms. The summed E-state index contributed by atoms with van der Waals surface area (Å²) in [4.78, 5) is 14.7. The van der Waals surface area contributed by atoms with E-state index in [0.29, 0.717) is 5.82 Å². The van der Waals surface area contributed by atoms with Crippen molar-refractivity contribution >= 4 is 34.7 Å². The Morgan fingerprint density at radius 2 is 2.07 bits per heavy atom. The number of aromatic nitrogens is 5. The number of fused-ring (bicyclic) bond motifs is 1. The smallest absolute Gasteiger partial charge is 0.258 e. The Hall–Kier alpha value is -2.91. The average Bonchev–Trinajstić information content (AvgIpc) is 3.47. The monoisotopic (exact) mass is 422 g/mol. The van der Waals surface area contributed by atoms with Crippen molar-refractivity contribution in [2.75, 3.05) is 11.1 Å². The van der Waals surface area contributed by atoms with E-state index in [1.807, 2.05) is 65.1 Å². The number of anilines is 1. The SMILES string of the molecule is Cn1nnnc1-c1cccc(NC(=O)c2c(-n3cccc3)sc3c2CCSC3)c1. The molecule has 9 heteroatoms. The minimum atomic E-state index is -0.0775. The topological polar surface area (TPSA) is 77.6 Å². The molecule has 0 saturated carbocycles. The van der Waals surface area contributed by atoms with Gasteiger partial charge in [-0.05, 0) is 52.4 Å². The Kier molecular flexibility index (Phi) is 4.69. The van der Waals surface area contributed by atoms with Crippen molar-refractivity contribution in [2.24, 2.45) is 7.05 Å². The highest BCUT2D eigenvalue weighted by molar-refractivity contribution is 7.98. The number of hydrogen-bond acceptors (Lipinski definition) is 6. The van der Waals surface area contributed by atoms with Gasteiger partial charge in [-0.25, -0.2) is 4.68 Å². The van der Waals surface area contributed by atoms with Gasteiger partial charge in [-0.15, -0.1) is 16.4 Å². The molecule has 0 fully saturated rings. The molecule has 1 aliphatic rings. The second-order valence-corrected chi connectivity index (χ2v) is 8.93. The Labute approximate surface area is 175 Å². The third kappa shape index (κ3) is 3.36. The highest BCUT2D eigenvalue weighted by Gasteiger charge is 2.26. The molecule has 0 bridgehead atoms. The summed E-state index contributed by atoms with van der Waals surface area (Å²) in [5.41, 5.74) is 3.54. The molecular formula is C20H18N6OS2. The van der Waals surface area contributed by atoms with Crippen molar-refractivity contribution in [3.05, 3.63) is 64.8 Å². The fourth-order valence-corrected chi connectivity index (χ4v) is 5.95. The van der Waals surface area contributed by atoms with Crippen molar-refractivity contribution in [3.63, 3.8) is 0 Å². The van der Waals surface area contributed by atoms with Gasteiger partial charge in [0, 0.05) is 41.3 Å². The number of carbonyl (C=O) groups is 1. The van der Waals surface area contributed by atoms with Crippen molar-refractivity contribution in [2.45, 2.75) is 12.2 Å². The molecule has 146 valence electrons. The van der Waals surface area contributed by atoms with E-state index >= 15 is 0 Å². The van der Waals surface area contributed by atoms with Crippen molar-refractivity contribution in [3.8, 4) is 16.4 Å². The zero-order chi connectivity index (χ0) is 19.8. The molecule has 0 saturated heterocycles. The van der Waals surface area contributed by atoms with E-state index < -0.39 is 0 Å². The van der Waals surface area contributed by atoms with E-state index in [1.54, 1.807) is 23.1 Å². The largest absolute Gasteiger partial charge is 0.322 e. The molecule has 3 aromatic heterocycles. The quantitative estimate of drug-likeness (QED) is 0.542. The van der Waals surface area contributed by atoms with Crippen LogP contribution in [-0.4, -0.2) is 36.4 Å². The lowest BCUT2D eigenvalue weighted by molar-refractivity contribution is 0.102. The van der Waals surface area contributed by atoms with E-state index in [9.17, 15) is 4.79 Å². The van der Waals surface area contributed by atoms with Gasteiger partial charge in [0.1, 0.15) is 5.00 Å². The van der Waals surface area contributed by atoms with Crippen molar-refractivity contribution in [1.29, 1.82) is 0 Å². The highest BCUT2D eigenvalue weighted by Crippen LogP contribution is 2.38. The minimum Gasteiger partial charge on any atom is -0.322 e. The third-order valence-electron chi connectivity index (χ3n) is 4.87. The van der Waals surface area contributed by atoms with E-state index in [2.05, 4.69) is 20.8 Å². The van der Waals surface area contributed by atoms with Crippen molar-refractivity contribution in [1.82, 2.24) is 24.8 Å². The molecule has 29 heavy (non-hydrogen) atoms. The summed E-state index contributed by atoms with van der Waals surface area (Å²) in [6.07, 6.45) is 4.90. The Morgan fingerprint density at radius 1 is 1.21 bits per heavy atom. The van der Waals surface area contributed by atoms with Crippen LogP contribution in [0, 0.1) is 0 Å². The van der Waals surface area contributed by atoms with E-state index in [1.165, 1.54) is 10.4 Å². The Balaban J connectivity index is 1.51. The fraction of sp³-hybridized carbons (Fsp3) is 0.200. The van der Waals surface area contributed by atoms with Gasteiger partial charge < -0.3 is 9.88 Å². The first-order valence-corrected chi connectivity index (χ1v) is 11.2. The lowest BCUT2D eigenvalue weighted by Crippen LogP contribution is -2.16. The van der Waals surface area contributed by atoms with Crippen molar-refractivity contribution < 1.29 is 4.79 Å². The van der Waals surface area contributed by atoms with Crippen LogP contribution in [0.3, 0.4) is 0 Å². The molecule has 1 amide bonds. The standard InChI is InChI=1S/C20H18N6OS2/c1-25-18(22-23-24-25)13-5-4-6-14(11-13)21-19(27)17-15-7-10-28-12-16(15)29-20(17)26-8-2-3-9-26/h2-6,8-9,11H,7,10,12H2,1H3,(H,21,27). The van der Waals surface area contributed by atoms with Gasteiger partial charge >= 0.3 is 0 Å². The average molecular weight is 423 g/mol. The molecule has 1 aromatic carbocycles. The number of benzene rings is 1. The van der Waals surface area contributed by atoms with Crippen LogP contribution in [0.5, 0.6) is 0 Å². The number of amides is 1. The number of nitrogens with zero attached hydrogens (tertiary/aromatic N) is 5. The Morgan fingerprint density at radius 3 is 2.86 bits per heavy atom. The molecule has 0 unspecified atom stereocenters. The number of carbonyl (C=O) groups excluding carboxylic acids is 1. The lowest BCUT2D eigenvalue weighted by Gasteiger charge is -2.13. The number of rotatable bonds is 4. The number of hydrogen-bond donors (Lipinski definition) is 1. The molecule has 0 radical (unpaired) electrons. The zero-order valence-corrected chi connectivity index (χ0v) is 17.3. The first-order valence-electron chi connectivity index (χ1n) is 9.20. The predicted octanol–water partition coefficient (Wildman–Crippen LogP) is 3.77.